The lowest BCUT2D eigenvalue weighted by Gasteiger charge is -2.36. The number of amides is 1. The van der Waals surface area contributed by atoms with Crippen molar-refractivity contribution in [3.05, 3.63) is 47.7 Å². The summed E-state index contributed by atoms with van der Waals surface area (Å²) >= 11 is 0. The molecule has 30 heavy (non-hydrogen) atoms. The van der Waals surface area contributed by atoms with Crippen molar-refractivity contribution in [1.82, 2.24) is 19.9 Å². The normalized spacial score (nSPS) is 19.6. The van der Waals surface area contributed by atoms with Gasteiger partial charge in [0, 0.05) is 37.7 Å². The van der Waals surface area contributed by atoms with E-state index in [1.165, 1.54) is 6.33 Å². The largest absolute Gasteiger partial charge is 0.442 e. The molecule has 4 heterocycles. The van der Waals surface area contributed by atoms with Crippen molar-refractivity contribution in [1.29, 1.82) is 0 Å². The Labute approximate surface area is 173 Å². The highest BCUT2D eigenvalue weighted by molar-refractivity contribution is 6.10. The summed E-state index contributed by atoms with van der Waals surface area (Å²) in [5.74, 6) is 0.944. The van der Waals surface area contributed by atoms with E-state index in [0.29, 0.717) is 47.0 Å². The lowest BCUT2D eigenvalue weighted by molar-refractivity contribution is 0.0403. The number of nitrogens with one attached hydrogen (secondary N) is 1. The molecule has 0 unspecified atom stereocenters. The van der Waals surface area contributed by atoms with Gasteiger partial charge in [0.15, 0.2) is 5.67 Å². The quantitative estimate of drug-likeness (QED) is 0.701. The molecule has 1 amide bonds. The fraction of sp³-hybridized carbons (Fsp3) is 0.455. The summed E-state index contributed by atoms with van der Waals surface area (Å²) in [5.41, 5.74) is -0.236. The van der Waals surface area contributed by atoms with Crippen LogP contribution >= 0.6 is 0 Å². The van der Waals surface area contributed by atoms with Crippen molar-refractivity contribution in [2.24, 2.45) is 0 Å². The number of likely N-dealkylation sites (tertiary alicyclic amines) is 1. The fourth-order valence-electron chi connectivity index (χ4n) is 4.10. The van der Waals surface area contributed by atoms with Crippen molar-refractivity contribution in [2.45, 2.75) is 50.7 Å². The number of hydrogen-bond donors (Lipinski definition) is 1. The van der Waals surface area contributed by atoms with E-state index in [0.717, 1.165) is 12.8 Å². The molecule has 3 aromatic heterocycles. The van der Waals surface area contributed by atoms with Crippen molar-refractivity contribution in [3.63, 3.8) is 0 Å². The van der Waals surface area contributed by atoms with E-state index in [9.17, 15) is 4.79 Å². The third kappa shape index (κ3) is 3.20. The first-order valence-corrected chi connectivity index (χ1v) is 10.3. The molecule has 1 aliphatic heterocycles. The zero-order valence-corrected chi connectivity index (χ0v) is 17.1. The molecule has 7 nitrogen and oxygen atoms in total. The summed E-state index contributed by atoms with van der Waals surface area (Å²) in [6, 6.07) is 5.27. The van der Waals surface area contributed by atoms with Gasteiger partial charge in [0.1, 0.15) is 17.9 Å². The highest BCUT2D eigenvalue weighted by atomic mass is 19.1. The Morgan fingerprint density at radius 1 is 1.17 bits per heavy atom. The van der Waals surface area contributed by atoms with Crippen LogP contribution in [0.25, 0.3) is 11.1 Å². The smallest absolute Gasteiger partial charge is 0.258 e. The van der Waals surface area contributed by atoms with Gasteiger partial charge >= 0.3 is 0 Å². The Bertz CT molecular complexity index is 1100. The van der Waals surface area contributed by atoms with Gasteiger partial charge in [0.25, 0.3) is 5.91 Å². The van der Waals surface area contributed by atoms with Gasteiger partial charge in [-0.05, 0) is 38.8 Å². The number of piperidine rings is 1. The lowest BCUT2D eigenvalue weighted by Crippen LogP contribution is -2.43. The number of halogens is 1. The molecule has 3 aromatic rings. The number of nitrogens with zero attached hydrogens (tertiary/aromatic N) is 4. The van der Waals surface area contributed by atoms with Crippen LogP contribution in [0.1, 0.15) is 54.4 Å². The van der Waals surface area contributed by atoms with Gasteiger partial charge in [-0.2, -0.15) is 0 Å². The predicted molar refractivity (Wildman–Crippen MR) is 110 cm³/mol. The zero-order chi connectivity index (χ0) is 20.9. The van der Waals surface area contributed by atoms with Crippen LogP contribution in [0.15, 0.2) is 35.1 Å². The molecule has 0 spiro atoms. The van der Waals surface area contributed by atoms with Gasteiger partial charge in [-0.25, -0.2) is 14.4 Å². The minimum absolute atomic E-state index is 0.00554. The molecule has 0 radical (unpaired) electrons. The van der Waals surface area contributed by atoms with Gasteiger partial charge in [0.05, 0.1) is 16.6 Å². The monoisotopic (exact) mass is 409 g/mol. The molecule has 1 N–H and O–H groups in total. The Morgan fingerprint density at radius 3 is 2.60 bits per heavy atom. The van der Waals surface area contributed by atoms with Crippen LogP contribution < -0.4 is 5.32 Å². The van der Waals surface area contributed by atoms with Crippen LogP contribution in [0.3, 0.4) is 0 Å². The molecule has 156 valence electrons. The number of anilines is 1. The molecule has 5 rings (SSSR count). The Morgan fingerprint density at radius 2 is 1.93 bits per heavy atom. The highest BCUT2D eigenvalue weighted by Gasteiger charge is 2.41. The fourth-order valence-corrected chi connectivity index (χ4v) is 4.10. The maximum atomic E-state index is 15.4. The second-order valence-electron chi connectivity index (χ2n) is 8.59. The summed E-state index contributed by atoms with van der Waals surface area (Å²) in [4.78, 5) is 27.9. The van der Waals surface area contributed by atoms with E-state index < -0.39 is 5.67 Å². The van der Waals surface area contributed by atoms with Crippen LogP contribution in [0.4, 0.5) is 10.2 Å². The molecule has 2 aliphatic rings. The molecule has 8 heteroatoms. The zero-order valence-electron chi connectivity index (χ0n) is 17.1. The minimum atomic E-state index is -1.51. The number of fused-ring (bicyclic) bond motifs is 1. The number of furan rings is 1. The number of carbonyl (C=O) groups is 1. The number of aromatic nitrogens is 3. The number of hydrogen-bond acceptors (Lipinski definition) is 6. The summed E-state index contributed by atoms with van der Waals surface area (Å²) < 4.78 is 21.2. The van der Waals surface area contributed by atoms with Crippen molar-refractivity contribution in [2.75, 3.05) is 18.4 Å². The maximum Gasteiger partial charge on any atom is 0.258 e. The average Bonchev–Trinajstić information content (AvgIpc) is 3.37. The molecule has 0 aromatic carbocycles. The van der Waals surface area contributed by atoms with E-state index in [1.54, 1.807) is 36.2 Å². The number of carbonyl (C=O) groups excluding carboxylic acids is 1. The SMILES string of the molecule is Cc1oc2ncnc(NC3(C)CC3)c2c1C(=O)N1CCC(F)(c2ccccn2)CC1. The second kappa shape index (κ2) is 6.75. The van der Waals surface area contributed by atoms with E-state index in [4.69, 9.17) is 4.42 Å². The molecule has 1 aliphatic carbocycles. The standard InChI is InChI=1S/C22H24FN5O2/c1-14-16(17-18(27-21(2)6-7-21)25-13-26-19(17)30-14)20(29)28-11-8-22(23,9-12-28)15-5-3-4-10-24-15/h3-5,10,13H,6-9,11-12H2,1-2H3,(H,25,26,27). The average molecular weight is 409 g/mol. The number of pyridine rings is 1. The number of aryl methyl sites for hydroxylation is 1. The Balaban J connectivity index is 1.42. The molecule has 0 atom stereocenters. The number of rotatable bonds is 4. The van der Waals surface area contributed by atoms with Crippen molar-refractivity contribution < 1.29 is 13.6 Å². The van der Waals surface area contributed by atoms with Crippen LogP contribution in [0.2, 0.25) is 0 Å². The van der Waals surface area contributed by atoms with Gasteiger partial charge < -0.3 is 14.6 Å². The highest BCUT2D eigenvalue weighted by Crippen LogP contribution is 2.41. The Hall–Kier alpha value is -3.03. The summed E-state index contributed by atoms with van der Waals surface area (Å²) in [5, 5.41) is 4.04. The van der Waals surface area contributed by atoms with Crippen LogP contribution in [0.5, 0.6) is 0 Å². The molecule has 0 bridgehead atoms. The van der Waals surface area contributed by atoms with Crippen LogP contribution in [-0.4, -0.2) is 44.4 Å². The molecular formula is C22H24FN5O2. The van der Waals surface area contributed by atoms with E-state index in [1.807, 2.05) is 0 Å². The summed E-state index contributed by atoms with van der Waals surface area (Å²) in [6.45, 7) is 4.51. The van der Waals surface area contributed by atoms with Crippen LogP contribution in [-0.2, 0) is 5.67 Å². The third-order valence-corrected chi connectivity index (χ3v) is 6.27. The topological polar surface area (TPSA) is 84.2 Å². The Kier molecular flexibility index (Phi) is 4.27. The van der Waals surface area contributed by atoms with E-state index >= 15 is 4.39 Å². The molecule has 2 fully saturated rings. The van der Waals surface area contributed by atoms with Gasteiger partial charge in [-0.1, -0.05) is 6.07 Å². The first-order chi connectivity index (χ1) is 14.4. The van der Waals surface area contributed by atoms with Crippen molar-refractivity contribution in [3.8, 4) is 0 Å². The third-order valence-electron chi connectivity index (χ3n) is 6.27. The summed E-state index contributed by atoms with van der Waals surface area (Å²) in [6.07, 6.45) is 5.57. The molecular weight excluding hydrogens is 385 g/mol. The lowest BCUT2D eigenvalue weighted by atomic mass is 9.89. The second-order valence-corrected chi connectivity index (χ2v) is 8.59. The van der Waals surface area contributed by atoms with Gasteiger partial charge in [0.2, 0.25) is 5.71 Å². The molecule has 1 saturated carbocycles. The predicted octanol–water partition coefficient (Wildman–Crippen LogP) is 3.99. The minimum Gasteiger partial charge on any atom is -0.442 e. The first kappa shape index (κ1) is 19.0. The van der Waals surface area contributed by atoms with Crippen LogP contribution in [0, 0.1) is 6.92 Å². The van der Waals surface area contributed by atoms with Gasteiger partial charge in [-0.15, -0.1) is 0 Å². The van der Waals surface area contributed by atoms with E-state index in [-0.39, 0.29) is 24.3 Å². The molecule has 1 saturated heterocycles. The number of alkyl halides is 1. The summed E-state index contributed by atoms with van der Waals surface area (Å²) in [7, 11) is 0. The maximum absolute atomic E-state index is 15.4. The van der Waals surface area contributed by atoms with Crippen molar-refractivity contribution >= 4 is 22.8 Å². The van der Waals surface area contributed by atoms with Gasteiger partial charge in [-0.3, -0.25) is 9.78 Å². The first-order valence-electron chi connectivity index (χ1n) is 10.3. The van der Waals surface area contributed by atoms with E-state index in [2.05, 4.69) is 27.2 Å².